The first-order chi connectivity index (χ1) is 72.4. The van der Waals surface area contributed by atoms with E-state index in [1.54, 1.807) is 0 Å². The van der Waals surface area contributed by atoms with Crippen molar-refractivity contribution in [1.82, 2.24) is 0 Å². The molecule has 148 heavy (non-hydrogen) atoms. The summed E-state index contributed by atoms with van der Waals surface area (Å²) in [6.45, 7) is 0. The molecule has 0 aliphatic rings. The van der Waals surface area contributed by atoms with Gasteiger partial charge in [0.05, 0.1) is 0 Å². The maximum absolute atomic E-state index is 16.8. The van der Waals surface area contributed by atoms with E-state index in [9.17, 15) is 0 Å². The number of hydrogen-bond donors (Lipinski definition) is 0. The Kier molecular flexibility index (Phi) is 26.1. The molecule has 6 unspecified atom stereocenters. The summed E-state index contributed by atoms with van der Waals surface area (Å²) in [6.07, 6.45) is 0. The van der Waals surface area contributed by atoms with Crippen molar-refractivity contribution in [2.24, 2.45) is 0 Å². The molecule has 24 rings (SSSR count). The molecule has 0 amide bonds. The highest BCUT2D eigenvalue weighted by molar-refractivity contribution is 7.89. The molecule has 0 saturated carbocycles. The van der Waals surface area contributed by atoms with Gasteiger partial charge < -0.3 is 36.5 Å². The van der Waals surface area contributed by atoms with Crippen LogP contribution in [0.1, 0.15) is 0 Å². The molecule has 0 fully saturated rings. The van der Waals surface area contributed by atoms with Gasteiger partial charge in [0, 0.05) is 127 Å². The Balaban J connectivity index is 0.000000163. The minimum absolute atomic E-state index is 0.528. The van der Waals surface area contributed by atoms with Gasteiger partial charge in [-0.15, -0.1) is 0 Å². The molecular weight excluding hydrogens is 1960 g/mol. The predicted molar refractivity (Wildman–Crippen MR) is 633 cm³/mol. The molecule has 6 atom stereocenters. The van der Waals surface area contributed by atoms with E-state index in [4.69, 9.17) is 0 Å². The molecule has 712 valence electrons. The summed E-state index contributed by atoms with van der Waals surface area (Å²) in [5.41, 5.74) is 0. The molecule has 0 N–H and O–H groups in total. The molecule has 0 radical (unpaired) electrons. The number of benzene rings is 24. The highest BCUT2D eigenvalue weighted by atomic mass is 31.2. The maximum atomic E-state index is 16.8. The molecule has 0 aliphatic heterocycles. The number of fused-ring (bicyclic) bond motifs is 6. The average Bonchev–Trinajstić information content (AvgIpc) is 0.737. The fraction of sp³-hybridized carbons (Fsp3) is 0. The Hall–Kier alpha value is -15.3. The normalized spacial score (nSPS) is 14.9. The molecule has 24 aromatic rings. The van der Waals surface area contributed by atoms with Gasteiger partial charge in [-0.05, 0) is 82.8 Å². The summed E-state index contributed by atoms with van der Waals surface area (Å²) in [6, 6.07) is 186. The van der Waals surface area contributed by atoms with Crippen molar-refractivity contribution in [2.75, 3.05) is 0 Å². The van der Waals surface area contributed by atoms with E-state index in [-0.39, 0.29) is 0 Å². The first-order valence-corrected chi connectivity index (χ1v) is 62.8. The lowest BCUT2D eigenvalue weighted by Gasteiger charge is -2.26. The maximum Gasteiger partial charge on any atom is 0.171 e. The molecule has 0 aliphatic carbocycles. The van der Waals surface area contributed by atoms with Crippen molar-refractivity contribution in [3.63, 3.8) is 0 Å². The fourth-order valence-electron chi connectivity index (χ4n) is 21.1. The molecule has 0 bridgehead atoms. The SMILES string of the molecule is O=P(c1ccc(P(=O)(c2ccccc2)c2ccc3ccccc3c2)cc1)(c1ccc(P(=O)(c2ccccc2)c2ccc3ccccc3c2)cc1)c1ccc(P(=O)(c2ccccc2)c2ccc3ccccc3c2)cc1.O=P(c1ccc(P(=O)(c2ccccc2)c2cccc3ccccc23)cc1)(c1ccc(P(=O)(c2ccccc2)c2cccc3ccccc23)cc1)c1ccc(P(=O)(c2ccccc2)c2cccc3ccccc23)cc1. The van der Waals surface area contributed by atoms with E-state index in [2.05, 4.69) is 0 Å². The van der Waals surface area contributed by atoms with Crippen LogP contribution >= 0.6 is 57.1 Å². The van der Waals surface area contributed by atoms with E-state index in [0.29, 0.717) is 111 Å². The van der Waals surface area contributed by atoms with E-state index in [1.807, 2.05) is 582 Å². The van der Waals surface area contributed by atoms with Crippen molar-refractivity contribution in [3.8, 4) is 0 Å². The summed E-state index contributed by atoms with van der Waals surface area (Å²) in [4.78, 5) is 0. The summed E-state index contributed by atoms with van der Waals surface area (Å²) in [7, 11) is -28.4. The smallest absolute Gasteiger partial charge is 0.171 e. The first kappa shape index (κ1) is 96.2. The van der Waals surface area contributed by atoms with Crippen molar-refractivity contribution < 1.29 is 36.5 Å². The zero-order chi connectivity index (χ0) is 101. The van der Waals surface area contributed by atoms with Crippen LogP contribution in [0.5, 0.6) is 0 Å². The second kappa shape index (κ2) is 40.1. The minimum Gasteiger partial charge on any atom is -0.309 e. The molecule has 0 saturated heterocycles. The topological polar surface area (TPSA) is 137 Å². The Labute approximate surface area is 861 Å². The van der Waals surface area contributed by atoms with Crippen molar-refractivity contribution >= 4 is 249 Å². The zero-order valence-electron chi connectivity index (χ0n) is 80.3. The van der Waals surface area contributed by atoms with Crippen LogP contribution in [0.2, 0.25) is 0 Å². The largest absolute Gasteiger partial charge is 0.309 e. The van der Waals surface area contributed by atoms with Crippen molar-refractivity contribution in [3.05, 3.63) is 582 Å². The van der Waals surface area contributed by atoms with Gasteiger partial charge in [-0.3, -0.25) is 0 Å². The summed E-state index contributed by atoms with van der Waals surface area (Å²) < 4.78 is 130. The monoisotopic (exact) mass is 2060 g/mol. The van der Waals surface area contributed by atoms with Gasteiger partial charge in [0.1, 0.15) is 0 Å². The van der Waals surface area contributed by atoms with Gasteiger partial charge >= 0.3 is 0 Å². The van der Waals surface area contributed by atoms with Gasteiger partial charge in [-0.25, -0.2) is 0 Å². The van der Waals surface area contributed by atoms with Gasteiger partial charge in [0.15, 0.2) is 57.1 Å². The Morgan fingerprint density at radius 1 is 0.0878 bits per heavy atom. The second-order valence-electron chi connectivity index (χ2n) is 37.1. The Morgan fingerprint density at radius 2 is 0.216 bits per heavy atom. The third-order valence-electron chi connectivity index (χ3n) is 28.8. The molecule has 0 heterocycles. The van der Waals surface area contributed by atoms with Gasteiger partial charge in [0.25, 0.3) is 0 Å². The molecule has 0 spiro atoms. The van der Waals surface area contributed by atoms with Crippen molar-refractivity contribution in [2.45, 2.75) is 0 Å². The summed E-state index contributed by atoms with van der Waals surface area (Å²) >= 11 is 0. The Bertz CT molecular complexity index is 8690. The van der Waals surface area contributed by atoms with Gasteiger partial charge in [-0.1, -0.05) is 564 Å². The van der Waals surface area contributed by atoms with Crippen LogP contribution in [0.3, 0.4) is 0 Å². The highest BCUT2D eigenvalue weighted by Gasteiger charge is 2.42. The standard InChI is InChI=1S/2C66H48O4P4/c67-71(55-37-43-58(44-38-55)72(68,52-25-4-1-5-26-52)64-34-16-22-49-19-10-13-31-61(49)64,56-39-45-59(46-40-56)73(69,53-27-6-2-7-28-53)65-35-17-23-50-20-11-14-32-62(50)65)57-41-47-60(48-42-57)74(70,54-29-8-3-9-30-54)66-36-18-24-51-21-12-15-33-63(51)66;67-71(58-34-40-61(41-35-58)72(68,55-22-4-1-5-23-55)64-31-28-49-16-10-13-19-52(49)46-64,59-36-42-62(43-37-59)73(69,56-24-6-2-7-25-56)65-32-29-50-17-11-14-20-53(50)47-65)60-38-44-63(45-39-60)74(70,57-26-8-3-9-27-57)66-33-30-51-18-12-15-21-54(51)48-66/h2*1-48H. The van der Waals surface area contributed by atoms with Crippen LogP contribution in [0, 0.1) is 0 Å². The predicted octanol–water partition coefficient (Wildman–Crippen LogP) is 23.4. The molecule has 0 aromatic heterocycles. The molecule has 16 heteroatoms. The number of rotatable bonds is 24. The highest BCUT2D eigenvalue weighted by Crippen LogP contribution is 2.54. The first-order valence-electron chi connectivity index (χ1n) is 49.1. The number of hydrogen-bond acceptors (Lipinski definition) is 8. The molecule has 24 aromatic carbocycles. The second-order valence-corrected chi connectivity index (χ2v) is 59.1. The van der Waals surface area contributed by atoms with Crippen LogP contribution in [0.4, 0.5) is 0 Å². The van der Waals surface area contributed by atoms with E-state index >= 15 is 36.5 Å². The van der Waals surface area contributed by atoms with Crippen LogP contribution in [-0.2, 0) is 36.5 Å². The Morgan fingerprint density at radius 3 is 0.412 bits per heavy atom. The van der Waals surface area contributed by atoms with E-state index in [0.717, 1.165) is 80.5 Å². The third-order valence-corrected chi connectivity index (χ3v) is 53.5. The lowest BCUT2D eigenvalue weighted by Crippen LogP contribution is -2.31. The van der Waals surface area contributed by atoms with Crippen LogP contribution in [0.15, 0.2) is 582 Å². The summed E-state index contributed by atoms with van der Waals surface area (Å²) in [5.74, 6) is 0. The lowest BCUT2D eigenvalue weighted by molar-refractivity contribution is 0.591. The lowest BCUT2D eigenvalue weighted by atomic mass is 10.1. The van der Waals surface area contributed by atoms with Crippen LogP contribution in [0.25, 0.3) is 64.6 Å². The third kappa shape index (κ3) is 17.0. The van der Waals surface area contributed by atoms with E-state index in [1.165, 1.54) is 0 Å². The molecule has 8 nitrogen and oxygen atoms in total. The average molecular weight is 2060 g/mol. The van der Waals surface area contributed by atoms with Crippen LogP contribution < -0.4 is 127 Å². The fourth-order valence-corrected chi connectivity index (χ4v) is 42.9. The molecular formula is C132H96O8P8. The zero-order valence-corrected chi connectivity index (χ0v) is 87.4. The van der Waals surface area contributed by atoms with Crippen molar-refractivity contribution in [1.29, 1.82) is 0 Å². The minimum atomic E-state index is -3.81. The van der Waals surface area contributed by atoms with Gasteiger partial charge in [0.2, 0.25) is 0 Å². The van der Waals surface area contributed by atoms with E-state index < -0.39 is 57.1 Å². The quantitative estimate of drug-likeness (QED) is 0.0546. The summed E-state index contributed by atoms with van der Waals surface area (Å²) in [5, 5.41) is 27.1. The van der Waals surface area contributed by atoms with Gasteiger partial charge in [-0.2, -0.15) is 0 Å². The van der Waals surface area contributed by atoms with Crippen LogP contribution in [-0.4, -0.2) is 0 Å².